The Bertz CT molecular complexity index is 567. The van der Waals surface area contributed by atoms with Gasteiger partial charge in [0.25, 0.3) is 0 Å². The number of carbonyl (C=O) groups is 2. The topological polar surface area (TPSA) is 52.7 Å². The van der Waals surface area contributed by atoms with Gasteiger partial charge in [0.05, 0.1) is 6.04 Å². The maximum absolute atomic E-state index is 12.9. The van der Waals surface area contributed by atoms with Crippen LogP contribution in [0.25, 0.3) is 0 Å². The molecule has 2 aliphatic rings. The summed E-state index contributed by atoms with van der Waals surface area (Å²) >= 11 is 0. The van der Waals surface area contributed by atoms with Crippen molar-refractivity contribution < 1.29 is 9.59 Å². The van der Waals surface area contributed by atoms with E-state index in [0.717, 1.165) is 51.9 Å². The zero-order valence-electron chi connectivity index (χ0n) is 14.4. The van der Waals surface area contributed by atoms with Crippen LogP contribution in [0.5, 0.6) is 0 Å². The van der Waals surface area contributed by atoms with Crippen molar-refractivity contribution in [3.05, 3.63) is 35.9 Å². The molecule has 0 saturated carbocycles. The second-order valence-electron chi connectivity index (χ2n) is 6.91. The quantitative estimate of drug-likeness (QED) is 0.916. The molecule has 1 unspecified atom stereocenters. The summed E-state index contributed by atoms with van der Waals surface area (Å²) in [5.74, 6) is 0.286. The molecule has 5 heteroatoms. The minimum absolute atomic E-state index is 0.0162. The van der Waals surface area contributed by atoms with E-state index in [4.69, 9.17) is 0 Å². The summed E-state index contributed by atoms with van der Waals surface area (Å²) in [7, 11) is 0. The maximum Gasteiger partial charge on any atom is 0.239 e. The summed E-state index contributed by atoms with van der Waals surface area (Å²) in [6, 6.07) is 10.6. The highest BCUT2D eigenvalue weighted by Crippen LogP contribution is 2.23. The Kier molecular flexibility index (Phi) is 5.51. The number of likely N-dealkylation sites (tertiary alicyclic amines) is 2. The third-order valence-electron chi connectivity index (χ3n) is 5.09. The van der Waals surface area contributed by atoms with Crippen molar-refractivity contribution >= 4 is 11.8 Å². The number of amides is 2. The molecule has 2 heterocycles. The van der Waals surface area contributed by atoms with E-state index in [1.165, 1.54) is 5.56 Å². The highest BCUT2D eigenvalue weighted by atomic mass is 16.2. The molecule has 1 atom stereocenters. The number of rotatable bonds is 4. The summed E-state index contributed by atoms with van der Waals surface area (Å²) in [6.07, 6.45) is 3.76. The molecule has 1 N–H and O–H groups in total. The zero-order valence-corrected chi connectivity index (χ0v) is 14.4. The number of benzene rings is 1. The van der Waals surface area contributed by atoms with E-state index in [9.17, 15) is 9.59 Å². The van der Waals surface area contributed by atoms with Crippen LogP contribution in [-0.4, -0.2) is 53.3 Å². The lowest BCUT2D eigenvalue weighted by Gasteiger charge is -2.35. The fourth-order valence-electron chi connectivity index (χ4n) is 3.86. The predicted octanol–water partition coefficient (Wildman–Crippen LogP) is 1.78. The lowest BCUT2D eigenvalue weighted by molar-refractivity contribution is -0.137. The monoisotopic (exact) mass is 329 g/mol. The van der Waals surface area contributed by atoms with Gasteiger partial charge in [-0.1, -0.05) is 30.3 Å². The summed E-state index contributed by atoms with van der Waals surface area (Å²) in [5.41, 5.74) is 1.27. The first-order valence-electron chi connectivity index (χ1n) is 8.97. The Balaban J connectivity index is 1.55. The highest BCUT2D eigenvalue weighted by Gasteiger charge is 2.35. The second kappa shape index (κ2) is 7.79. The van der Waals surface area contributed by atoms with Gasteiger partial charge >= 0.3 is 0 Å². The molecule has 0 radical (unpaired) electrons. The van der Waals surface area contributed by atoms with Crippen LogP contribution in [0.1, 0.15) is 38.2 Å². The molecule has 1 aromatic rings. The molecule has 5 nitrogen and oxygen atoms in total. The van der Waals surface area contributed by atoms with Gasteiger partial charge in [-0.25, -0.2) is 0 Å². The van der Waals surface area contributed by atoms with E-state index in [1.807, 2.05) is 11.0 Å². The van der Waals surface area contributed by atoms with Crippen LogP contribution >= 0.6 is 0 Å². The number of nitrogens with zero attached hydrogens (tertiary/aromatic N) is 2. The Hall–Kier alpha value is -1.88. The third-order valence-corrected chi connectivity index (χ3v) is 5.09. The summed E-state index contributed by atoms with van der Waals surface area (Å²) in [5, 5.41) is 2.96. The molecule has 2 aliphatic heterocycles. The van der Waals surface area contributed by atoms with Crippen molar-refractivity contribution in [1.29, 1.82) is 0 Å². The fraction of sp³-hybridized carbons (Fsp3) is 0.579. The highest BCUT2D eigenvalue weighted by molar-refractivity contribution is 5.82. The maximum atomic E-state index is 12.9. The van der Waals surface area contributed by atoms with E-state index >= 15 is 0 Å². The van der Waals surface area contributed by atoms with Gasteiger partial charge in [0, 0.05) is 32.6 Å². The molecule has 0 bridgehead atoms. The van der Waals surface area contributed by atoms with Crippen LogP contribution in [0, 0.1) is 0 Å². The van der Waals surface area contributed by atoms with E-state index < -0.39 is 0 Å². The van der Waals surface area contributed by atoms with E-state index in [-0.39, 0.29) is 23.9 Å². The van der Waals surface area contributed by atoms with Crippen LogP contribution in [0.4, 0.5) is 0 Å². The SMILES string of the molecule is CC(=O)NC1CCN(C(=O)C2CCCN2Cc2ccccc2)CC1. The third kappa shape index (κ3) is 4.15. The second-order valence-corrected chi connectivity index (χ2v) is 6.91. The van der Waals surface area contributed by atoms with Crippen molar-refractivity contribution in [3.63, 3.8) is 0 Å². The van der Waals surface area contributed by atoms with Gasteiger partial charge in [0.15, 0.2) is 0 Å². The molecule has 1 aromatic carbocycles. The number of piperidine rings is 1. The fourth-order valence-corrected chi connectivity index (χ4v) is 3.86. The van der Waals surface area contributed by atoms with Gasteiger partial charge in [-0.2, -0.15) is 0 Å². The molecule has 24 heavy (non-hydrogen) atoms. The molecule has 2 fully saturated rings. The van der Waals surface area contributed by atoms with Crippen molar-refractivity contribution in [2.45, 2.75) is 51.2 Å². The summed E-state index contributed by atoms with van der Waals surface area (Å²) in [6.45, 7) is 4.89. The minimum atomic E-state index is 0.0162. The lowest BCUT2D eigenvalue weighted by atomic mass is 10.0. The number of nitrogens with one attached hydrogen (secondary N) is 1. The van der Waals surface area contributed by atoms with Crippen molar-refractivity contribution in [1.82, 2.24) is 15.1 Å². The first-order chi connectivity index (χ1) is 11.6. The molecule has 0 aromatic heterocycles. The number of carbonyl (C=O) groups excluding carboxylic acids is 2. The van der Waals surface area contributed by atoms with E-state index in [0.29, 0.717) is 0 Å². The molecule has 130 valence electrons. The van der Waals surface area contributed by atoms with Gasteiger partial charge in [-0.3, -0.25) is 14.5 Å². The number of hydrogen-bond donors (Lipinski definition) is 1. The summed E-state index contributed by atoms with van der Waals surface area (Å²) < 4.78 is 0. The van der Waals surface area contributed by atoms with Crippen LogP contribution in [0.3, 0.4) is 0 Å². The average molecular weight is 329 g/mol. The standard InChI is InChI=1S/C19H27N3O2/c1-15(23)20-17-9-12-21(13-10-17)19(24)18-8-5-11-22(18)14-16-6-3-2-4-7-16/h2-4,6-7,17-18H,5,8-14H2,1H3,(H,20,23). The van der Waals surface area contributed by atoms with E-state index in [2.05, 4.69) is 34.5 Å². The Morgan fingerprint density at radius 3 is 2.46 bits per heavy atom. The number of hydrogen-bond acceptors (Lipinski definition) is 3. The molecule has 2 saturated heterocycles. The predicted molar refractivity (Wildman–Crippen MR) is 93.3 cm³/mol. The largest absolute Gasteiger partial charge is 0.353 e. The molecule has 0 aliphatic carbocycles. The molecule has 3 rings (SSSR count). The Labute approximate surface area is 144 Å². The Morgan fingerprint density at radius 1 is 1.08 bits per heavy atom. The zero-order chi connectivity index (χ0) is 16.9. The first kappa shape index (κ1) is 17.0. The average Bonchev–Trinajstić information content (AvgIpc) is 3.03. The van der Waals surface area contributed by atoms with Gasteiger partial charge in [-0.05, 0) is 37.8 Å². The molecular formula is C19H27N3O2. The minimum Gasteiger partial charge on any atom is -0.353 e. The Morgan fingerprint density at radius 2 is 1.79 bits per heavy atom. The van der Waals surface area contributed by atoms with Crippen LogP contribution in [0.2, 0.25) is 0 Å². The first-order valence-corrected chi connectivity index (χ1v) is 8.97. The van der Waals surface area contributed by atoms with Crippen molar-refractivity contribution in [2.24, 2.45) is 0 Å². The van der Waals surface area contributed by atoms with Gasteiger partial charge < -0.3 is 10.2 Å². The van der Waals surface area contributed by atoms with Crippen LogP contribution < -0.4 is 5.32 Å². The summed E-state index contributed by atoms with van der Waals surface area (Å²) in [4.78, 5) is 28.4. The van der Waals surface area contributed by atoms with Crippen molar-refractivity contribution in [3.8, 4) is 0 Å². The molecule has 2 amide bonds. The van der Waals surface area contributed by atoms with Crippen molar-refractivity contribution in [2.75, 3.05) is 19.6 Å². The lowest BCUT2D eigenvalue weighted by Crippen LogP contribution is -2.51. The molecule has 0 spiro atoms. The van der Waals surface area contributed by atoms with Gasteiger partial charge in [0.1, 0.15) is 0 Å². The van der Waals surface area contributed by atoms with E-state index in [1.54, 1.807) is 6.92 Å². The van der Waals surface area contributed by atoms with Crippen LogP contribution in [-0.2, 0) is 16.1 Å². The van der Waals surface area contributed by atoms with Gasteiger partial charge in [-0.15, -0.1) is 0 Å². The molecular weight excluding hydrogens is 302 g/mol. The smallest absolute Gasteiger partial charge is 0.239 e. The van der Waals surface area contributed by atoms with Crippen LogP contribution in [0.15, 0.2) is 30.3 Å². The van der Waals surface area contributed by atoms with Gasteiger partial charge in [0.2, 0.25) is 11.8 Å². The normalized spacial score (nSPS) is 22.5.